The van der Waals surface area contributed by atoms with E-state index in [0.717, 1.165) is 36.8 Å². The molecule has 3 rings (SSSR count). The third kappa shape index (κ3) is 4.89. The van der Waals surface area contributed by atoms with E-state index < -0.39 is 11.1 Å². The fraction of sp³-hybridized carbons (Fsp3) is 0.519. The van der Waals surface area contributed by atoms with Crippen LogP contribution in [0.2, 0.25) is 0 Å². The minimum absolute atomic E-state index is 0.115. The van der Waals surface area contributed by atoms with E-state index in [4.69, 9.17) is 5.73 Å². The highest BCUT2D eigenvalue weighted by Gasteiger charge is 2.43. The van der Waals surface area contributed by atoms with Crippen molar-refractivity contribution in [2.45, 2.75) is 70.9 Å². The van der Waals surface area contributed by atoms with Crippen LogP contribution in [0, 0.1) is 11.7 Å². The van der Waals surface area contributed by atoms with Crippen LogP contribution in [0.4, 0.5) is 4.39 Å². The van der Waals surface area contributed by atoms with Gasteiger partial charge in [0.1, 0.15) is 5.82 Å². The fourth-order valence-electron chi connectivity index (χ4n) is 5.02. The van der Waals surface area contributed by atoms with Gasteiger partial charge in [0, 0.05) is 24.6 Å². The van der Waals surface area contributed by atoms with Crippen molar-refractivity contribution < 1.29 is 14.3 Å². The van der Waals surface area contributed by atoms with Crippen LogP contribution >= 0.6 is 0 Å². The molecule has 0 bridgehead atoms. The van der Waals surface area contributed by atoms with E-state index in [1.165, 1.54) is 6.07 Å². The Morgan fingerprint density at radius 3 is 2.59 bits per heavy atom. The number of hydrogen-bond donors (Lipinski definition) is 2. The lowest BCUT2D eigenvalue weighted by molar-refractivity contribution is -0.141. The Balaban J connectivity index is 2.08. The lowest BCUT2D eigenvalue weighted by Crippen LogP contribution is -2.56. The van der Waals surface area contributed by atoms with Crippen molar-refractivity contribution in [3.8, 4) is 11.1 Å². The molecule has 4 nitrogen and oxygen atoms in total. The molecule has 1 amide bonds. The number of nitrogens with zero attached hydrogens (tertiary/aromatic N) is 1. The molecule has 0 aliphatic carbocycles. The van der Waals surface area contributed by atoms with Gasteiger partial charge < -0.3 is 15.7 Å². The molecule has 1 heterocycles. The first-order valence-corrected chi connectivity index (χ1v) is 11.8. The third-order valence-corrected chi connectivity index (χ3v) is 6.67. The number of likely N-dealkylation sites (tertiary alicyclic amines) is 1. The summed E-state index contributed by atoms with van der Waals surface area (Å²) in [7, 11) is 0. The van der Waals surface area contributed by atoms with Crippen LogP contribution in [0.15, 0.2) is 42.5 Å². The van der Waals surface area contributed by atoms with Crippen molar-refractivity contribution >= 4 is 5.91 Å². The molecular formula is C27H37FN2O2. The van der Waals surface area contributed by atoms with Crippen LogP contribution in [0.5, 0.6) is 0 Å². The van der Waals surface area contributed by atoms with Crippen molar-refractivity contribution in [2.75, 3.05) is 13.1 Å². The summed E-state index contributed by atoms with van der Waals surface area (Å²) in [6.45, 7) is 8.57. The van der Waals surface area contributed by atoms with Gasteiger partial charge in [0.05, 0.1) is 11.1 Å². The zero-order valence-electron chi connectivity index (χ0n) is 19.8. The predicted molar refractivity (Wildman–Crippen MR) is 128 cm³/mol. The average Bonchev–Trinajstić information content (AvgIpc) is 2.78. The topological polar surface area (TPSA) is 66.6 Å². The number of piperidine rings is 1. The van der Waals surface area contributed by atoms with Gasteiger partial charge in [-0.1, -0.05) is 56.7 Å². The summed E-state index contributed by atoms with van der Waals surface area (Å²) in [6, 6.07) is 12.9. The molecule has 2 aromatic rings. The summed E-state index contributed by atoms with van der Waals surface area (Å²) in [6.07, 6.45) is 3.65. The van der Waals surface area contributed by atoms with Gasteiger partial charge in [-0.3, -0.25) is 4.79 Å². The summed E-state index contributed by atoms with van der Waals surface area (Å²) in [5.74, 6) is -0.648. The average molecular weight is 441 g/mol. The highest BCUT2D eigenvalue weighted by atomic mass is 19.1. The van der Waals surface area contributed by atoms with Gasteiger partial charge >= 0.3 is 0 Å². The summed E-state index contributed by atoms with van der Waals surface area (Å²) in [5.41, 5.74) is 6.84. The molecule has 1 aliphatic heterocycles. The first kappa shape index (κ1) is 24.4. The monoisotopic (exact) mass is 440 g/mol. The van der Waals surface area contributed by atoms with Crippen LogP contribution < -0.4 is 5.73 Å². The molecule has 0 aromatic heterocycles. The maximum absolute atomic E-state index is 15.3. The van der Waals surface area contributed by atoms with Crippen molar-refractivity contribution in [1.82, 2.24) is 4.90 Å². The quantitative estimate of drug-likeness (QED) is 0.635. The van der Waals surface area contributed by atoms with E-state index in [1.54, 1.807) is 24.8 Å². The number of rotatable bonds is 7. The second kappa shape index (κ2) is 9.72. The minimum Gasteiger partial charge on any atom is -0.385 e. The van der Waals surface area contributed by atoms with E-state index in [1.807, 2.05) is 37.3 Å². The molecule has 1 aliphatic rings. The van der Waals surface area contributed by atoms with Gasteiger partial charge in [0.25, 0.3) is 0 Å². The molecule has 174 valence electrons. The van der Waals surface area contributed by atoms with Gasteiger partial charge in [0.2, 0.25) is 5.91 Å². The van der Waals surface area contributed by atoms with E-state index in [9.17, 15) is 9.90 Å². The van der Waals surface area contributed by atoms with E-state index in [-0.39, 0.29) is 17.6 Å². The van der Waals surface area contributed by atoms with E-state index in [2.05, 4.69) is 6.92 Å². The highest BCUT2D eigenvalue weighted by Crippen LogP contribution is 2.44. The van der Waals surface area contributed by atoms with E-state index >= 15 is 4.39 Å². The van der Waals surface area contributed by atoms with Crippen LogP contribution in [-0.4, -0.2) is 34.5 Å². The van der Waals surface area contributed by atoms with Crippen molar-refractivity contribution in [1.29, 1.82) is 0 Å². The second-order valence-electron chi connectivity index (χ2n) is 9.70. The van der Waals surface area contributed by atoms with Crippen molar-refractivity contribution in [3.63, 3.8) is 0 Å². The number of halogens is 1. The molecule has 0 unspecified atom stereocenters. The number of nitrogens with two attached hydrogens (primary N) is 1. The van der Waals surface area contributed by atoms with Gasteiger partial charge in [0.15, 0.2) is 0 Å². The molecule has 1 saturated heterocycles. The summed E-state index contributed by atoms with van der Waals surface area (Å²) in [4.78, 5) is 14.6. The van der Waals surface area contributed by atoms with Crippen molar-refractivity contribution in [3.05, 3.63) is 59.4 Å². The Hall–Kier alpha value is -2.24. The zero-order chi connectivity index (χ0) is 23.5. The maximum Gasteiger partial charge on any atom is 0.242 e. The summed E-state index contributed by atoms with van der Waals surface area (Å²) >= 11 is 0. The molecule has 0 spiro atoms. The zero-order valence-corrected chi connectivity index (χ0v) is 19.8. The Morgan fingerprint density at radius 1 is 1.22 bits per heavy atom. The molecule has 2 aromatic carbocycles. The summed E-state index contributed by atoms with van der Waals surface area (Å²) in [5, 5.41) is 12.2. The number of carbonyl (C=O) groups is 1. The van der Waals surface area contributed by atoms with E-state index in [0.29, 0.717) is 30.6 Å². The molecule has 5 heteroatoms. The van der Waals surface area contributed by atoms with Gasteiger partial charge in [-0.05, 0) is 62.3 Å². The molecule has 1 fully saturated rings. The largest absolute Gasteiger partial charge is 0.385 e. The van der Waals surface area contributed by atoms with Gasteiger partial charge in [-0.15, -0.1) is 0 Å². The van der Waals surface area contributed by atoms with Crippen LogP contribution in [0.1, 0.15) is 64.5 Å². The normalized spacial score (nSPS) is 19.0. The Labute approximate surface area is 191 Å². The third-order valence-electron chi connectivity index (χ3n) is 6.67. The number of amides is 1. The Morgan fingerprint density at radius 2 is 1.94 bits per heavy atom. The minimum atomic E-state index is -1.24. The first-order chi connectivity index (χ1) is 15.1. The number of benzene rings is 2. The molecular weight excluding hydrogens is 403 g/mol. The van der Waals surface area contributed by atoms with Gasteiger partial charge in [-0.25, -0.2) is 4.39 Å². The lowest BCUT2D eigenvalue weighted by atomic mass is 9.72. The number of aliphatic hydroxyl groups is 1. The van der Waals surface area contributed by atoms with Crippen LogP contribution in [-0.2, 0) is 16.8 Å². The molecule has 3 N–H and O–H groups in total. The Kier molecular flexibility index (Phi) is 7.41. The number of carbonyl (C=O) groups excluding carboxylic acids is 1. The molecule has 0 saturated carbocycles. The SMILES string of the molecule is CCC[C@@](O)(c1cccc(F)c1-c1cccc(CC)c1)[C@@H]1CCCN(C(=O)C(C)(C)N)C1. The van der Waals surface area contributed by atoms with Crippen LogP contribution in [0.25, 0.3) is 11.1 Å². The molecule has 0 radical (unpaired) electrons. The standard InChI is InChI=1S/C27H37FN2O2/c1-5-15-27(32,21-12-9-16-30(18-21)25(31)26(3,4)29)22-13-8-14-23(28)24(22)20-11-7-10-19(6-2)17-20/h7-8,10-11,13-14,17,21,32H,5-6,9,12,15-16,18,29H2,1-4H3/t21-,27+/m1/s1. The fourth-order valence-corrected chi connectivity index (χ4v) is 5.02. The summed E-state index contributed by atoms with van der Waals surface area (Å²) < 4.78 is 15.3. The first-order valence-electron chi connectivity index (χ1n) is 11.8. The van der Waals surface area contributed by atoms with Crippen molar-refractivity contribution in [2.24, 2.45) is 11.7 Å². The van der Waals surface area contributed by atoms with Crippen LogP contribution in [0.3, 0.4) is 0 Å². The number of hydrogen-bond acceptors (Lipinski definition) is 3. The number of aryl methyl sites for hydroxylation is 1. The maximum atomic E-state index is 15.3. The Bertz CT molecular complexity index is 953. The lowest BCUT2D eigenvalue weighted by Gasteiger charge is -2.44. The second-order valence-corrected chi connectivity index (χ2v) is 9.70. The smallest absolute Gasteiger partial charge is 0.242 e. The highest BCUT2D eigenvalue weighted by molar-refractivity contribution is 5.85. The predicted octanol–water partition coefficient (Wildman–Crippen LogP) is 5.02. The molecule has 32 heavy (non-hydrogen) atoms. The van der Waals surface area contributed by atoms with Gasteiger partial charge in [-0.2, -0.15) is 0 Å². The molecule has 2 atom stereocenters.